The Morgan fingerprint density at radius 3 is 2.75 bits per heavy atom. The number of aryl methyl sites for hydroxylation is 1. The van der Waals surface area contributed by atoms with Gasteiger partial charge in [0.05, 0.1) is 5.75 Å². The summed E-state index contributed by atoms with van der Waals surface area (Å²) >= 11 is 1.84. The zero-order valence-electron chi connectivity index (χ0n) is 10.3. The molecule has 16 heavy (non-hydrogen) atoms. The van der Waals surface area contributed by atoms with Gasteiger partial charge in [-0.05, 0) is 25.0 Å². The summed E-state index contributed by atoms with van der Waals surface area (Å²) in [5, 5.41) is 3.94. The molecule has 0 bridgehead atoms. The monoisotopic (exact) mass is 243 g/mol. The van der Waals surface area contributed by atoms with E-state index >= 15 is 0 Å². The predicted octanol–water partition coefficient (Wildman–Crippen LogP) is 2.24. The van der Waals surface area contributed by atoms with E-state index in [1.807, 2.05) is 18.7 Å². The van der Waals surface area contributed by atoms with E-state index in [1.165, 1.54) is 0 Å². The number of nitrogens with two attached hydrogens (primary N) is 1. The highest BCUT2D eigenvalue weighted by Crippen LogP contribution is 2.13. The van der Waals surface area contributed by atoms with E-state index in [9.17, 15) is 0 Å². The van der Waals surface area contributed by atoms with Gasteiger partial charge in [-0.2, -0.15) is 16.7 Å². The molecule has 0 aliphatic carbocycles. The Kier molecular flexibility index (Phi) is 5.84. The van der Waals surface area contributed by atoms with Crippen molar-refractivity contribution in [3.8, 4) is 0 Å². The summed E-state index contributed by atoms with van der Waals surface area (Å²) in [7, 11) is 0. The SMILES string of the molecule is CC(C)CSCc1noc(CCC(C)N)n1. The largest absolute Gasteiger partial charge is 0.339 e. The molecular weight excluding hydrogens is 222 g/mol. The summed E-state index contributed by atoms with van der Waals surface area (Å²) in [6.45, 7) is 6.39. The van der Waals surface area contributed by atoms with Gasteiger partial charge in [0.25, 0.3) is 0 Å². The Morgan fingerprint density at radius 1 is 1.38 bits per heavy atom. The van der Waals surface area contributed by atoms with Crippen LogP contribution in [0.2, 0.25) is 0 Å². The molecule has 0 fully saturated rings. The van der Waals surface area contributed by atoms with E-state index in [0.29, 0.717) is 11.8 Å². The number of hydrogen-bond acceptors (Lipinski definition) is 5. The predicted molar refractivity (Wildman–Crippen MR) is 67.3 cm³/mol. The minimum Gasteiger partial charge on any atom is -0.339 e. The first kappa shape index (κ1) is 13.5. The second kappa shape index (κ2) is 6.91. The number of nitrogens with zero attached hydrogens (tertiary/aromatic N) is 2. The van der Waals surface area contributed by atoms with Crippen molar-refractivity contribution < 1.29 is 4.52 Å². The molecule has 1 aromatic rings. The quantitative estimate of drug-likeness (QED) is 0.795. The van der Waals surface area contributed by atoms with Crippen molar-refractivity contribution in [3.63, 3.8) is 0 Å². The van der Waals surface area contributed by atoms with Crippen LogP contribution in [0.4, 0.5) is 0 Å². The molecular formula is C11H21N3OS. The summed E-state index contributed by atoms with van der Waals surface area (Å²) < 4.78 is 5.14. The molecule has 4 nitrogen and oxygen atoms in total. The van der Waals surface area contributed by atoms with E-state index in [4.69, 9.17) is 10.3 Å². The van der Waals surface area contributed by atoms with Gasteiger partial charge in [0.15, 0.2) is 5.82 Å². The molecule has 1 unspecified atom stereocenters. The number of thioether (sulfide) groups is 1. The molecule has 0 saturated carbocycles. The Labute approximate surface area is 101 Å². The van der Waals surface area contributed by atoms with Crippen LogP contribution in [-0.2, 0) is 12.2 Å². The van der Waals surface area contributed by atoms with Crippen LogP contribution < -0.4 is 5.73 Å². The second-order valence-electron chi connectivity index (χ2n) is 4.53. The lowest BCUT2D eigenvalue weighted by Crippen LogP contribution is -2.15. The molecule has 0 amide bonds. The lowest BCUT2D eigenvalue weighted by Gasteiger charge is -2.00. The Bertz CT molecular complexity index is 299. The fourth-order valence-electron chi connectivity index (χ4n) is 1.19. The maximum atomic E-state index is 5.67. The average Bonchev–Trinajstić information content (AvgIpc) is 2.62. The van der Waals surface area contributed by atoms with E-state index in [-0.39, 0.29) is 6.04 Å². The number of aromatic nitrogens is 2. The van der Waals surface area contributed by atoms with Crippen molar-refractivity contribution in [2.45, 2.75) is 45.4 Å². The zero-order valence-corrected chi connectivity index (χ0v) is 11.1. The molecule has 0 radical (unpaired) electrons. The molecule has 92 valence electrons. The fraction of sp³-hybridized carbons (Fsp3) is 0.818. The summed E-state index contributed by atoms with van der Waals surface area (Å²) in [6.07, 6.45) is 1.67. The Morgan fingerprint density at radius 2 is 2.12 bits per heavy atom. The zero-order chi connectivity index (χ0) is 12.0. The smallest absolute Gasteiger partial charge is 0.226 e. The molecule has 1 rings (SSSR count). The number of hydrogen-bond donors (Lipinski definition) is 1. The highest BCUT2D eigenvalue weighted by molar-refractivity contribution is 7.98. The topological polar surface area (TPSA) is 64.9 Å². The molecule has 0 saturated heterocycles. The van der Waals surface area contributed by atoms with Gasteiger partial charge in [-0.3, -0.25) is 0 Å². The minimum absolute atomic E-state index is 0.186. The molecule has 2 N–H and O–H groups in total. The Balaban J connectivity index is 2.28. The van der Waals surface area contributed by atoms with Crippen LogP contribution in [-0.4, -0.2) is 21.9 Å². The normalized spacial score (nSPS) is 13.3. The second-order valence-corrected chi connectivity index (χ2v) is 5.56. The summed E-state index contributed by atoms with van der Waals surface area (Å²) in [4.78, 5) is 4.32. The van der Waals surface area contributed by atoms with Gasteiger partial charge in [0.2, 0.25) is 5.89 Å². The van der Waals surface area contributed by atoms with Crippen LogP contribution in [0.3, 0.4) is 0 Å². The Hall–Kier alpha value is -0.550. The first-order valence-electron chi connectivity index (χ1n) is 5.72. The summed E-state index contributed by atoms with van der Waals surface area (Å²) in [5.74, 6) is 4.17. The maximum absolute atomic E-state index is 5.67. The van der Waals surface area contributed by atoms with Gasteiger partial charge in [-0.15, -0.1) is 0 Å². The molecule has 1 atom stereocenters. The van der Waals surface area contributed by atoms with Crippen LogP contribution in [0, 0.1) is 5.92 Å². The first-order valence-corrected chi connectivity index (χ1v) is 6.88. The van der Waals surface area contributed by atoms with Gasteiger partial charge in [-0.1, -0.05) is 19.0 Å². The highest BCUT2D eigenvalue weighted by Gasteiger charge is 2.07. The van der Waals surface area contributed by atoms with Crippen LogP contribution in [0.5, 0.6) is 0 Å². The van der Waals surface area contributed by atoms with Crippen LogP contribution in [0.25, 0.3) is 0 Å². The van der Waals surface area contributed by atoms with Gasteiger partial charge in [-0.25, -0.2) is 0 Å². The van der Waals surface area contributed by atoms with E-state index < -0.39 is 0 Å². The van der Waals surface area contributed by atoms with E-state index in [0.717, 1.165) is 30.2 Å². The van der Waals surface area contributed by atoms with Crippen LogP contribution >= 0.6 is 11.8 Å². The van der Waals surface area contributed by atoms with Gasteiger partial charge >= 0.3 is 0 Å². The van der Waals surface area contributed by atoms with Crippen molar-refractivity contribution in [2.75, 3.05) is 5.75 Å². The summed E-state index contributed by atoms with van der Waals surface area (Å²) in [5.41, 5.74) is 5.67. The fourth-order valence-corrected chi connectivity index (χ4v) is 2.08. The third-order valence-corrected chi connectivity index (χ3v) is 3.37. The van der Waals surface area contributed by atoms with E-state index in [1.54, 1.807) is 0 Å². The summed E-state index contributed by atoms with van der Waals surface area (Å²) in [6, 6.07) is 0.186. The van der Waals surface area contributed by atoms with E-state index in [2.05, 4.69) is 24.0 Å². The molecule has 0 aliphatic rings. The third-order valence-electron chi connectivity index (χ3n) is 2.01. The molecule has 1 aromatic heterocycles. The lowest BCUT2D eigenvalue weighted by atomic mass is 10.2. The molecule has 5 heteroatoms. The van der Waals surface area contributed by atoms with Crippen molar-refractivity contribution in [3.05, 3.63) is 11.7 Å². The lowest BCUT2D eigenvalue weighted by molar-refractivity contribution is 0.368. The minimum atomic E-state index is 0.186. The van der Waals surface area contributed by atoms with Crippen molar-refractivity contribution in [1.82, 2.24) is 10.1 Å². The number of rotatable bonds is 7. The van der Waals surface area contributed by atoms with Gasteiger partial charge in [0.1, 0.15) is 0 Å². The van der Waals surface area contributed by atoms with Gasteiger partial charge < -0.3 is 10.3 Å². The van der Waals surface area contributed by atoms with Crippen LogP contribution in [0.15, 0.2) is 4.52 Å². The third kappa shape index (κ3) is 5.51. The van der Waals surface area contributed by atoms with Crippen LogP contribution in [0.1, 0.15) is 38.9 Å². The van der Waals surface area contributed by atoms with Gasteiger partial charge in [0, 0.05) is 12.5 Å². The maximum Gasteiger partial charge on any atom is 0.226 e. The standard InChI is InChI=1S/C11H21N3OS/c1-8(2)6-16-7-10-13-11(15-14-10)5-4-9(3)12/h8-9H,4-7,12H2,1-3H3. The van der Waals surface area contributed by atoms with Crippen molar-refractivity contribution >= 4 is 11.8 Å². The molecule has 0 aromatic carbocycles. The molecule has 0 spiro atoms. The first-order chi connectivity index (χ1) is 7.58. The highest BCUT2D eigenvalue weighted by atomic mass is 32.2. The average molecular weight is 243 g/mol. The van der Waals surface area contributed by atoms with Crippen molar-refractivity contribution in [1.29, 1.82) is 0 Å². The molecule has 1 heterocycles. The molecule has 0 aliphatic heterocycles. The van der Waals surface area contributed by atoms with Crippen molar-refractivity contribution in [2.24, 2.45) is 11.7 Å².